The van der Waals surface area contributed by atoms with Crippen molar-refractivity contribution in [1.82, 2.24) is 4.31 Å². The molecule has 0 bridgehead atoms. The zero-order chi connectivity index (χ0) is 27.2. The van der Waals surface area contributed by atoms with Gasteiger partial charge in [-0.15, -0.1) is 0 Å². The number of anilines is 1. The van der Waals surface area contributed by atoms with Gasteiger partial charge < -0.3 is 14.8 Å². The molecule has 0 aliphatic carbocycles. The van der Waals surface area contributed by atoms with Crippen LogP contribution in [0.1, 0.15) is 11.1 Å². The predicted molar refractivity (Wildman–Crippen MR) is 128 cm³/mol. The van der Waals surface area contributed by atoms with E-state index < -0.39 is 40.0 Å². The van der Waals surface area contributed by atoms with E-state index >= 15 is 0 Å². The number of carbonyl (C=O) groups is 1. The van der Waals surface area contributed by atoms with E-state index in [4.69, 9.17) is 9.47 Å². The third-order valence-electron chi connectivity index (χ3n) is 5.36. The van der Waals surface area contributed by atoms with E-state index in [1.165, 1.54) is 32.4 Å². The number of ether oxygens (including phenoxy) is 2. The standard InChI is InChI=1S/C25H24F4N2O5S/c1-35-22-11-9-19(15-23(22)36-2)37(33,34)31(13-12-17-6-4-3-5-7-17)16-24(32)30-18-8-10-21(26)20(14-18)25(27,28)29/h3-11,14-15H,12-13,16H2,1-2H3,(H,30,32). The first-order chi connectivity index (χ1) is 17.5. The highest BCUT2D eigenvalue weighted by atomic mass is 32.2. The van der Waals surface area contributed by atoms with Crippen molar-refractivity contribution in [1.29, 1.82) is 0 Å². The van der Waals surface area contributed by atoms with Gasteiger partial charge in [-0.1, -0.05) is 30.3 Å². The summed E-state index contributed by atoms with van der Waals surface area (Å²) in [7, 11) is -1.53. The third kappa shape index (κ3) is 6.98. The van der Waals surface area contributed by atoms with Gasteiger partial charge in [-0.2, -0.15) is 17.5 Å². The molecule has 3 aromatic rings. The minimum atomic E-state index is -4.97. The van der Waals surface area contributed by atoms with E-state index in [1.807, 2.05) is 0 Å². The molecule has 0 unspecified atom stereocenters. The van der Waals surface area contributed by atoms with Crippen molar-refractivity contribution in [2.75, 3.05) is 32.6 Å². The van der Waals surface area contributed by atoms with Crippen molar-refractivity contribution in [2.45, 2.75) is 17.5 Å². The molecule has 12 heteroatoms. The topological polar surface area (TPSA) is 84.9 Å². The predicted octanol–water partition coefficient (Wildman–Crippen LogP) is 4.73. The van der Waals surface area contributed by atoms with Crippen molar-refractivity contribution < 1.29 is 40.2 Å². The molecule has 0 aliphatic rings. The number of hydrogen-bond donors (Lipinski definition) is 1. The molecule has 198 valence electrons. The van der Waals surface area contributed by atoms with Crippen LogP contribution in [0.4, 0.5) is 23.2 Å². The first-order valence-electron chi connectivity index (χ1n) is 10.9. The Kier molecular flexibility index (Phi) is 8.77. The van der Waals surface area contributed by atoms with Crippen LogP contribution in [0.5, 0.6) is 11.5 Å². The molecule has 1 amide bonds. The molecule has 0 heterocycles. The van der Waals surface area contributed by atoms with Crippen LogP contribution in [0.15, 0.2) is 71.6 Å². The molecule has 0 fully saturated rings. The maximum atomic E-state index is 13.6. The van der Waals surface area contributed by atoms with Gasteiger partial charge in [-0.25, -0.2) is 12.8 Å². The van der Waals surface area contributed by atoms with Crippen molar-refractivity contribution in [2.24, 2.45) is 0 Å². The summed E-state index contributed by atoms with van der Waals surface area (Å²) in [6.07, 6.45) is -4.71. The number of methoxy groups -OCH3 is 2. The number of nitrogens with zero attached hydrogens (tertiary/aromatic N) is 1. The lowest BCUT2D eigenvalue weighted by atomic mass is 10.1. The first-order valence-corrected chi connectivity index (χ1v) is 12.3. The lowest BCUT2D eigenvalue weighted by molar-refractivity contribution is -0.140. The summed E-state index contributed by atoms with van der Waals surface area (Å²) in [5, 5.41) is 2.22. The molecule has 3 rings (SSSR count). The minimum absolute atomic E-state index is 0.106. The summed E-state index contributed by atoms with van der Waals surface area (Å²) in [6.45, 7) is -0.812. The lowest BCUT2D eigenvalue weighted by Crippen LogP contribution is -2.39. The monoisotopic (exact) mass is 540 g/mol. The summed E-state index contributed by atoms with van der Waals surface area (Å²) in [5.74, 6) is -1.95. The SMILES string of the molecule is COc1ccc(S(=O)(=O)N(CCc2ccccc2)CC(=O)Nc2ccc(F)c(C(F)(F)F)c2)cc1OC. The van der Waals surface area contributed by atoms with E-state index in [0.29, 0.717) is 17.9 Å². The number of halogens is 4. The summed E-state index contributed by atoms with van der Waals surface area (Å²) in [5.41, 5.74) is -1.07. The van der Waals surface area contributed by atoms with Crippen LogP contribution in [0.25, 0.3) is 0 Å². The summed E-state index contributed by atoms with van der Waals surface area (Å²) < 4.78 is 90.9. The fourth-order valence-corrected chi connectivity index (χ4v) is 4.90. The molecule has 0 saturated carbocycles. The number of sulfonamides is 1. The fourth-order valence-electron chi connectivity index (χ4n) is 3.49. The third-order valence-corrected chi connectivity index (χ3v) is 7.20. The van der Waals surface area contributed by atoms with Gasteiger partial charge in [-0.05, 0) is 42.3 Å². The van der Waals surface area contributed by atoms with Crippen molar-refractivity contribution in [3.8, 4) is 11.5 Å². The summed E-state index contributed by atoms with van der Waals surface area (Å²) in [6, 6.07) is 14.9. The quantitative estimate of drug-likeness (QED) is 0.376. The second kappa shape index (κ2) is 11.6. The van der Waals surface area contributed by atoms with Crippen LogP contribution in [0.3, 0.4) is 0 Å². The molecule has 37 heavy (non-hydrogen) atoms. The second-order valence-corrected chi connectivity index (χ2v) is 9.77. The van der Waals surface area contributed by atoms with Gasteiger partial charge in [0.25, 0.3) is 0 Å². The maximum absolute atomic E-state index is 13.6. The zero-order valence-corrected chi connectivity index (χ0v) is 20.7. The number of carbonyl (C=O) groups excluding carboxylic acids is 1. The number of benzene rings is 3. The molecule has 0 saturated heterocycles. The van der Waals surface area contributed by atoms with Gasteiger partial charge in [0, 0.05) is 18.3 Å². The maximum Gasteiger partial charge on any atom is 0.419 e. The number of amides is 1. The van der Waals surface area contributed by atoms with E-state index in [2.05, 4.69) is 5.32 Å². The van der Waals surface area contributed by atoms with E-state index in [-0.39, 0.29) is 29.3 Å². The Morgan fingerprint density at radius 1 is 0.946 bits per heavy atom. The Bertz CT molecular complexity index is 1350. The Labute approximate surface area is 211 Å². The smallest absolute Gasteiger partial charge is 0.419 e. The number of hydrogen-bond acceptors (Lipinski definition) is 5. The Morgan fingerprint density at radius 3 is 2.24 bits per heavy atom. The highest BCUT2D eigenvalue weighted by Crippen LogP contribution is 2.33. The molecule has 1 N–H and O–H groups in total. The first kappa shape index (κ1) is 27.9. The zero-order valence-electron chi connectivity index (χ0n) is 19.9. The van der Waals surface area contributed by atoms with Gasteiger partial charge in [-0.3, -0.25) is 4.79 Å². The molecular formula is C25H24F4N2O5S. The van der Waals surface area contributed by atoms with Gasteiger partial charge in [0.15, 0.2) is 11.5 Å². The number of rotatable bonds is 10. The molecular weight excluding hydrogens is 516 g/mol. The Hall–Kier alpha value is -3.64. The Balaban J connectivity index is 1.89. The molecule has 3 aromatic carbocycles. The van der Waals surface area contributed by atoms with Crippen LogP contribution < -0.4 is 14.8 Å². The average molecular weight is 541 g/mol. The van der Waals surface area contributed by atoms with Crippen molar-refractivity contribution >= 4 is 21.6 Å². The molecule has 0 aromatic heterocycles. The largest absolute Gasteiger partial charge is 0.493 e. The average Bonchev–Trinajstić information content (AvgIpc) is 2.87. The van der Waals surface area contributed by atoms with Crippen LogP contribution in [-0.2, 0) is 27.4 Å². The van der Waals surface area contributed by atoms with Crippen LogP contribution in [-0.4, -0.2) is 45.9 Å². The highest BCUT2D eigenvalue weighted by molar-refractivity contribution is 7.89. The van der Waals surface area contributed by atoms with Crippen LogP contribution in [0.2, 0.25) is 0 Å². The number of nitrogens with one attached hydrogen (secondary N) is 1. The molecule has 0 spiro atoms. The lowest BCUT2D eigenvalue weighted by Gasteiger charge is -2.22. The minimum Gasteiger partial charge on any atom is -0.493 e. The van der Waals surface area contributed by atoms with Gasteiger partial charge in [0.1, 0.15) is 5.82 Å². The van der Waals surface area contributed by atoms with Gasteiger partial charge in [0.2, 0.25) is 15.9 Å². The molecule has 0 aliphatic heterocycles. The number of alkyl halides is 3. The van der Waals surface area contributed by atoms with Crippen molar-refractivity contribution in [3.05, 3.63) is 83.7 Å². The summed E-state index contributed by atoms with van der Waals surface area (Å²) >= 11 is 0. The van der Waals surface area contributed by atoms with Crippen LogP contribution in [0, 0.1) is 5.82 Å². The van der Waals surface area contributed by atoms with Gasteiger partial charge >= 0.3 is 6.18 Å². The Morgan fingerprint density at radius 2 is 1.62 bits per heavy atom. The van der Waals surface area contributed by atoms with Crippen molar-refractivity contribution in [3.63, 3.8) is 0 Å². The molecule has 7 nitrogen and oxygen atoms in total. The second-order valence-electron chi connectivity index (χ2n) is 7.83. The normalized spacial score (nSPS) is 11.9. The van der Waals surface area contributed by atoms with E-state index in [0.717, 1.165) is 15.9 Å². The van der Waals surface area contributed by atoms with E-state index in [9.17, 15) is 30.8 Å². The molecule has 0 atom stereocenters. The van der Waals surface area contributed by atoms with Gasteiger partial charge in [0.05, 0.1) is 31.2 Å². The summed E-state index contributed by atoms with van der Waals surface area (Å²) in [4.78, 5) is 12.6. The van der Waals surface area contributed by atoms with Crippen LogP contribution >= 0.6 is 0 Å². The highest BCUT2D eigenvalue weighted by Gasteiger charge is 2.34. The molecule has 0 radical (unpaired) electrons. The van der Waals surface area contributed by atoms with E-state index in [1.54, 1.807) is 30.3 Å². The fraction of sp³-hybridized carbons (Fsp3) is 0.240.